The molecule has 88 valence electrons. The van der Waals surface area contributed by atoms with Gasteiger partial charge in [-0.1, -0.05) is 18.2 Å². The van der Waals surface area contributed by atoms with Crippen LogP contribution < -0.4 is 0 Å². The summed E-state index contributed by atoms with van der Waals surface area (Å²) in [6.07, 6.45) is 0. The van der Waals surface area contributed by atoms with Crippen molar-refractivity contribution in [2.75, 3.05) is 5.75 Å². The number of thioether (sulfide) groups is 1. The monoisotopic (exact) mass is 246 g/mol. The number of carbonyl (C=O) groups excluding carboxylic acids is 1. The molecule has 2 rings (SSSR count). The number of hydrogen-bond acceptors (Lipinski definition) is 3. The van der Waals surface area contributed by atoms with Gasteiger partial charge in [0.2, 0.25) is 0 Å². The van der Waals surface area contributed by atoms with Crippen molar-refractivity contribution in [1.29, 1.82) is 0 Å². The van der Waals surface area contributed by atoms with Gasteiger partial charge < -0.3 is 0 Å². The van der Waals surface area contributed by atoms with Crippen molar-refractivity contribution in [3.63, 3.8) is 0 Å². The molecule has 0 aliphatic carbocycles. The van der Waals surface area contributed by atoms with E-state index < -0.39 is 0 Å². The number of nitrogens with zero attached hydrogens (tertiary/aromatic N) is 2. The fourth-order valence-corrected chi connectivity index (χ4v) is 2.37. The van der Waals surface area contributed by atoms with Crippen LogP contribution >= 0.6 is 11.8 Å². The third-order valence-electron chi connectivity index (χ3n) is 2.35. The van der Waals surface area contributed by atoms with Gasteiger partial charge in [-0.15, -0.1) is 11.8 Å². The number of carbonyl (C=O) groups is 1. The molecule has 17 heavy (non-hydrogen) atoms. The summed E-state index contributed by atoms with van der Waals surface area (Å²) in [6, 6.07) is 11.8. The van der Waals surface area contributed by atoms with Crippen LogP contribution in [-0.4, -0.2) is 21.4 Å². The van der Waals surface area contributed by atoms with Crippen LogP contribution in [0, 0.1) is 13.8 Å². The predicted octanol–water partition coefficient (Wildman–Crippen LogP) is 2.93. The number of rotatable bonds is 3. The Bertz CT molecular complexity index is 519. The van der Waals surface area contributed by atoms with E-state index in [4.69, 9.17) is 0 Å². The summed E-state index contributed by atoms with van der Waals surface area (Å²) in [7, 11) is 0. The third-order valence-corrected chi connectivity index (χ3v) is 3.35. The van der Waals surface area contributed by atoms with Crippen molar-refractivity contribution in [1.82, 2.24) is 9.78 Å². The quantitative estimate of drug-likeness (QED) is 0.781. The smallest absolute Gasteiger partial charge is 0.257 e. The average Bonchev–Trinajstić information content (AvgIpc) is 2.67. The maximum absolute atomic E-state index is 11.9. The molecule has 0 unspecified atom stereocenters. The minimum absolute atomic E-state index is 0.0180. The molecule has 4 heteroatoms. The Labute approximate surface area is 105 Å². The molecule has 1 aromatic carbocycles. The van der Waals surface area contributed by atoms with Crippen LogP contribution in [0.2, 0.25) is 0 Å². The van der Waals surface area contributed by atoms with Gasteiger partial charge in [0.15, 0.2) is 0 Å². The van der Waals surface area contributed by atoms with Gasteiger partial charge in [-0.25, -0.2) is 4.68 Å². The molecule has 0 N–H and O–H groups in total. The van der Waals surface area contributed by atoms with Gasteiger partial charge in [-0.3, -0.25) is 4.79 Å². The van der Waals surface area contributed by atoms with Gasteiger partial charge in [0.05, 0.1) is 11.4 Å². The van der Waals surface area contributed by atoms with E-state index >= 15 is 0 Å². The number of aryl methyl sites for hydroxylation is 2. The Morgan fingerprint density at radius 2 is 2.00 bits per heavy atom. The maximum Gasteiger partial charge on any atom is 0.257 e. The van der Waals surface area contributed by atoms with Crippen molar-refractivity contribution < 1.29 is 4.79 Å². The normalized spacial score (nSPS) is 10.5. The summed E-state index contributed by atoms with van der Waals surface area (Å²) in [5.74, 6) is 0.427. The Kier molecular flexibility index (Phi) is 3.64. The highest BCUT2D eigenvalue weighted by Gasteiger charge is 2.10. The van der Waals surface area contributed by atoms with Crippen LogP contribution in [0.3, 0.4) is 0 Å². The van der Waals surface area contributed by atoms with Crippen LogP contribution in [0.4, 0.5) is 0 Å². The highest BCUT2D eigenvalue weighted by atomic mass is 32.2. The van der Waals surface area contributed by atoms with Gasteiger partial charge in [-0.2, -0.15) is 5.10 Å². The summed E-state index contributed by atoms with van der Waals surface area (Å²) >= 11 is 1.53. The molecule has 0 amide bonds. The summed E-state index contributed by atoms with van der Waals surface area (Å²) in [5.41, 5.74) is 1.77. The molecule has 0 saturated carbocycles. The van der Waals surface area contributed by atoms with Crippen LogP contribution in [0.1, 0.15) is 16.2 Å². The largest absolute Gasteiger partial charge is 0.272 e. The van der Waals surface area contributed by atoms with Crippen LogP contribution in [-0.2, 0) is 0 Å². The van der Waals surface area contributed by atoms with E-state index in [2.05, 4.69) is 5.10 Å². The maximum atomic E-state index is 11.9. The van der Waals surface area contributed by atoms with Crippen molar-refractivity contribution in [3.8, 4) is 0 Å². The number of aromatic nitrogens is 2. The zero-order valence-corrected chi connectivity index (χ0v) is 10.7. The lowest BCUT2D eigenvalue weighted by atomic mass is 10.4. The lowest BCUT2D eigenvalue weighted by Gasteiger charge is -2.03. The zero-order valence-electron chi connectivity index (χ0n) is 9.88. The predicted molar refractivity (Wildman–Crippen MR) is 69.5 cm³/mol. The molecule has 0 aliphatic heterocycles. The summed E-state index contributed by atoms with van der Waals surface area (Å²) < 4.78 is 1.48. The first-order valence-corrected chi connectivity index (χ1v) is 6.39. The van der Waals surface area contributed by atoms with E-state index in [1.54, 1.807) is 0 Å². The Balaban J connectivity index is 2.01. The molecule has 0 radical (unpaired) electrons. The SMILES string of the molecule is Cc1cc(C)n(C(=O)CSc2ccccc2)n1. The topological polar surface area (TPSA) is 34.9 Å². The fourth-order valence-electron chi connectivity index (χ4n) is 1.60. The van der Waals surface area contributed by atoms with E-state index in [9.17, 15) is 4.79 Å². The zero-order chi connectivity index (χ0) is 12.3. The average molecular weight is 246 g/mol. The molecule has 0 aliphatic rings. The van der Waals surface area contributed by atoms with Crippen LogP contribution in [0.25, 0.3) is 0 Å². The molecule has 0 spiro atoms. The lowest BCUT2D eigenvalue weighted by molar-refractivity contribution is 0.0924. The minimum atomic E-state index is 0.0180. The summed E-state index contributed by atoms with van der Waals surface area (Å²) in [4.78, 5) is 13.0. The number of hydrogen-bond donors (Lipinski definition) is 0. The van der Waals surface area contributed by atoms with Gasteiger partial charge in [0.1, 0.15) is 0 Å². The molecule has 2 aromatic rings. The molecule has 0 saturated heterocycles. The molecular weight excluding hydrogens is 232 g/mol. The van der Waals surface area contributed by atoms with Crippen LogP contribution in [0.15, 0.2) is 41.3 Å². The van der Waals surface area contributed by atoms with Crippen molar-refractivity contribution in [3.05, 3.63) is 47.8 Å². The number of benzene rings is 1. The van der Waals surface area contributed by atoms with E-state index in [1.807, 2.05) is 50.2 Å². The Morgan fingerprint density at radius 3 is 2.59 bits per heavy atom. The Hall–Kier alpha value is -1.55. The highest BCUT2D eigenvalue weighted by molar-refractivity contribution is 8.00. The standard InChI is InChI=1S/C13H14N2OS/c1-10-8-11(2)15(14-10)13(16)9-17-12-6-4-3-5-7-12/h3-8H,9H2,1-2H3. The second kappa shape index (κ2) is 5.19. The van der Waals surface area contributed by atoms with Gasteiger partial charge in [-0.05, 0) is 32.0 Å². The molecular formula is C13H14N2OS. The first kappa shape index (κ1) is 11.9. The van der Waals surface area contributed by atoms with Gasteiger partial charge in [0, 0.05) is 10.6 Å². The molecule has 0 fully saturated rings. The first-order chi connectivity index (χ1) is 8.16. The van der Waals surface area contributed by atoms with Crippen molar-refractivity contribution in [2.45, 2.75) is 18.7 Å². The lowest BCUT2D eigenvalue weighted by Crippen LogP contribution is -2.16. The highest BCUT2D eigenvalue weighted by Crippen LogP contribution is 2.17. The summed E-state index contributed by atoms with van der Waals surface area (Å²) in [6.45, 7) is 3.78. The van der Waals surface area contributed by atoms with E-state index in [1.165, 1.54) is 16.4 Å². The fraction of sp³-hybridized carbons (Fsp3) is 0.231. The molecule has 0 bridgehead atoms. The molecule has 3 nitrogen and oxygen atoms in total. The third kappa shape index (κ3) is 2.97. The van der Waals surface area contributed by atoms with E-state index in [0.29, 0.717) is 5.75 Å². The second-order valence-electron chi connectivity index (χ2n) is 3.83. The summed E-state index contributed by atoms with van der Waals surface area (Å²) in [5, 5.41) is 4.18. The van der Waals surface area contributed by atoms with E-state index in [0.717, 1.165) is 16.3 Å². The molecule has 1 heterocycles. The minimum Gasteiger partial charge on any atom is -0.272 e. The first-order valence-electron chi connectivity index (χ1n) is 5.41. The van der Waals surface area contributed by atoms with Crippen molar-refractivity contribution >= 4 is 17.7 Å². The van der Waals surface area contributed by atoms with Crippen molar-refractivity contribution in [2.24, 2.45) is 0 Å². The van der Waals surface area contributed by atoms with Gasteiger partial charge >= 0.3 is 0 Å². The van der Waals surface area contributed by atoms with E-state index in [-0.39, 0.29) is 5.91 Å². The van der Waals surface area contributed by atoms with Crippen LogP contribution in [0.5, 0.6) is 0 Å². The van der Waals surface area contributed by atoms with Gasteiger partial charge in [0.25, 0.3) is 5.91 Å². The molecule has 1 aromatic heterocycles. The molecule has 0 atom stereocenters. The second-order valence-corrected chi connectivity index (χ2v) is 4.88. The Morgan fingerprint density at radius 1 is 1.29 bits per heavy atom.